The van der Waals surface area contributed by atoms with Gasteiger partial charge in [0.05, 0.1) is 0 Å². The third-order valence-electron chi connectivity index (χ3n) is 9.19. The van der Waals surface area contributed by atoms with Crippen molar-refractivity contribution in [1.29, 1.82) is 0 Å². The van der Waals surface area contributed by atoms with Gasteiger partial charge in [0.15, 0.2) is 0 Å². The van der Waals surface area contributed by atoms with Gasteiger partial charge in [0.25, 0.3) is 0 Å². The van der Waals surface area contributed by atoms with E-state index in [1.807, 2.05) is 0 Å². The molecule has 0 saturated heterocycles. The van der Waals surface area contributed by atoms with Gasteiger partial charge in [0.2, 0.25) is 0 Å². The van der Waals surface area contributed by atoms with Crippen molar-refractivity contribution in [3.05, 3.63) is 0 Å². The van der Waals surface area contributed by atoms with Crippen LogP contribution in [0.3, 0.4) is 0 Å². The minimum atomic E-state index is -2.87. The Morgan fingerprint density at radius 2 is 0.306 bits per heavy atom. The topological polar surface area (TPSA) is 0 Å². The van der Waals surface area contributed by atoms with Crippen LogP contribution in [0.25, 0.3) is 0 Å². The summed E-state index contributed by atoms with van der Waals surface area (Å²) >= 11 is -11.5. The Morgan fingerprint density at radius 1 is 0.222 bits per heavy atom. The summed E-state index contributed by atoms with van der Waals surface area (Å²) in [6.45, 7) is 38.5. The predicted molar refractivity (Wildman–Crippen MR) is 175 cm³/mol. The van der Waals surface area contributed by atoms with Crippen LogP contribution >= 0.6 is 0 Å². The molecule has 0 amide bonds. The minimum absolute atomic E-state index is 0.552. The Hall–Kier alpha value is 0.411. The van der Waals surface area contributed by atoms with Gasteiger partial charge in [-0.15, -0.1) is 0 Å². The van der Waals surface area contributed by atoms with E-state index in [1.165, 1.54) is 0 Å². The molecule has 0 fully saturated rings. The summed E-state index contributed by atoms with van der Waals surface area (Å²) in [5.74, 6) is 0. The van der Waals surface area contributed by atoms with Crippen molar-refractivity contribution < 1.29 is 0 Å². The van der Waals surface area contributed by atoms with Crippen molar-refractivity contribution in [2.75, 3.05) is 0 Å². The number of hydrogen-bond acceptors (Lipinski definition) is 0. The van der Waals surface area contributed by atoms with Crippen LogP contribution in [0.4, 0.5) is 0 Å². The molecule has 0 aromatic heterocycles. The third-order valence-corrected chi connectivity index (χ3v) is 53.2. The first-order chi connectivity index (χ1) is 16.4. The molecule has 0 unspecified atom stereocenters. The van der Waals surface area contributed by atoms with Gasteiger partial charge >= 0.3 is 240 Å². The summed E-state index contributed by atoms with van der Waals surface area (Å²) < 4.78 is 37.6. The average molecular weight is 731 g/mol. The molecule has 0 bridgehead atoms. The Balaban J connectivity index is 4.48. The standard InChI is InChI=1S/C32H56Ge4/c1-25(2)33(26(3)4)17-19-34(27(5)6,28(7)8)21-23-36(31(13)14,32(15)16)24-22-35(20-18-33,29(9)10)30(11)12/h25-32H,1-16H3. The first kappa shape index (κ1) is 34.4. The molecular formula is C32H56Ge4. The molecule has 200 valence electrons. The molecule has 0 aromatic carbocycles. The zero-order valence-corrected chi connectivity index (χ0v) is 35.0. The Kier molecular flexibility index (Phi) is 12.6. The van der Waals surface area contributed by atoms with Crippen molar-refractivity contribution in [1.82, 2.24) is 0 Å². The van der Waals surface area contributed by atoms with E-state index in [1.54, 1.807) is 0 Å². The molecule has 36 heavy (non-hydrogen) atoms. The zero-order chi connectivity index (χ0) is 28.3. The van der Waals surface area contributed by atoms with E-state index in [-0.39, 0.29) is 0 Å². The van der Waals surface area contributed by atoms with E-state index >= 15 is 0 Å². The molecule has 0 nitrogen and oxygen atoms in total. The van der Waals surface area contributed by atoms with Crippen molar-refractivity contribution in [3.63, 3.8) is 0 Å². The summed E-state index contributed by atoms with van der Waals surface area (Å²) in [7, 11) is 0. The van der Waals surface area contributed by atoms with Crippen LogP contribution < -0.4 is 0 Å². The quantitative estimate of drug-likeness (QED) is 0.173. The van der Waals surface area contributed by atoms with Gasteiger partial charge in [-0.1, -0.05) is 0 Å². The van der Waals surface area contributed by atoms with Crippen molar-refractivity contribution in [2.45, 2.75) is 149 Å². The zero-order valence-electron chi connectivity index (χ0n) is 26.6. The van der Waals surface area contributed by atoms with Gasteiger partial charge in [0.1, 0.15) is 0 Å². The molecule has 0 saturated carbocycles. The van der Waals surface area contributed by atoms with E-state index < -0.39 is 53.1 Å². The molecule has 0 N–H and O–H groups in total. The average Bonchev–Trinajstić information content (AvgIpc) is 2.72. The molecule has 0 spiro atoms. The van der Waals surface area contributed by atoms with Crippen LogP contribution in [-0.4, -0.2) is 53.1 Å². The Morgan fingerprint density at radius 3 is 0.361 bits per heavy atom. The van der Waals surface area contributed by atoms with E-state index in [4.69, 9.17) is 0 Å². The molecule has 1 heterocycles. The fourth-order valence-electron chi connectivity index (χ4n) is 5.93. The van der Waals surface area contributed by atoms with Gasteiger partial charge in [-0.3, -0.25) is 0 Å². The third kappa shape index (κ3) is 6.58. The molecule has 0 aromatic rings. The SMILES string of the molecule is C[CH](C)[Ge]1([CH](C)C)[C]#[C][Ge]([CH](C)C)([CH](C)C)[C]#[C][Ge]([CH](C)C)([CH](C)C)[C]#[C][Ge]([CH](C)C)([CH](C)C)[C]#[C]1. The van der Waals surface area contributed by atoms with Crippen molar-refractivity contribution in [3.8, 4) is 38.0 Å². The summed E-state index contributed by atoms with van der Waals surface area (Å²) in [6.07, 6.45) is 0. The van der Waals surface area contributed by atoms with Gasteiger partial charge in [-0.05, 0) is 0 Å². The van der Waals surface area contributed by atoms with Gasteiger partial charge in [-0.2, -0.15) is 0 Å². The summed E-state index contributed by atoms with van der Waals surface area (Å²) in [6, 6.07) is 0. The number of hydrogen-bond donors (Lipinski definition) is 0. The second-order valence-electron chi connectivity index (χ2n) is 13.7. The van der Waals surface area contributed by atoms with E-state index in [0.717, 1.165) is 0 Å². The summed E-state index contributed by atoms with van der Waals surface area (Å²) in [5, 5.41) is 0. The summed E-state index contributed by atoms with van der Waals surface area (Å²) in [5.41, 5.74) is 0. The van der Waals surface area contributed by atoms with Gasteiger partial charge in [-0.25, -0.2) is 0 Å². The molecule has 4 heteroatoms. The Labute approximate surface area is 237 Å². The molecule has 1 aliphatic rings. The fourth-order valence-corrected chi connectivity index (χ4v) is 48.8. The molecule has 0 radical (unpaired) electrons. The van der Waals surface area contributed by atoms with Crippen molar-refractivity contribution >= 4 is 53.1 Å². The molecular weight excluding hydrogens is 675 g/mol. The van der Waals surface area contributed by atoms with Crippen LogP contribution in [0.15, 0.2) is 0 Å². The Bertz CT molecular complexity index is 771. The molecule has 1 rings (SSSR count). The molecule has 0 atom stereocenters. The van der Waals surface area contributed by atoms with Crippen LogP contribution in [0.5, 0.6) is 0 Å². The van der Waals surface area contributed by atoms with Gasteiger partial charge < -0.3 is 0 Å². The van der Waals surface area contributed by atoms with E-state index in [2.05, 4.69) is 149 Å². The van der Waals surface area contributed by atoms with E-state index in [9.17, 15) is 0 Å². The van der Waals surface area contributed by atoms with Gasteiger partial charge in [0, 0.05) is 0 Å². The van der Waals surface area contributed by atoms with E-state index in [0.29, 0.717) is 38.0 Å². The van der Waals surface area contributed by atoms with Crippen LogP contribution in [0, 0.1) is 38.0 Å². The molecule has 1 aliphatic heterocycles. The van der Waals surface area contributed by atoms with Crippen LogP contribution in [0.2, 0.25) is 38.0 Å². The van der Waals surface area contributed by atoms with Crippen LogP contribution in [0.1, 0.15) is 111 Å². The maximum atomic E-state index is 4.15. The second-order valence-corrected chi connectivity index (χ2v) is 51.9. The number of rotatable bonds is 8. The first-order valence-electron chi connectivity index (χ1n) is 14.5. The first-order valence-corrected chi connectivity index (χ1v) is 32.6. The normalized spacial score (nSPS) is 19.8. The monoisotopic (exact) mass is 736 g/mol. The summed E-state index contributed by atoms with van der Waals surface area (Å²) in [4.78, 5) is 0. The molecule has 0 aliphatic carbocycles. The second kappa shape index (κ2) is 13.2. The maximum absolute atomic E-state index is 4.15. The van der Waals surface area contributed by atoms with Crippen LogP contribution in [-0.2, 0) is 0 Å². The van der Waals surface area contributed by atoms with Crippen molar-refractivity contribution in [2.24, 2.45) is 0 Å². The predicted octanol–water partition coefficient (Wildman–Crippen LogP) is 9.40. The fraction of sp³-hybridized carbons (Fsp3) is 0.750.